The lowest BCUT2D eigenvalue weighted by Crippen LogP contribution is -2.38. The summed E-state index contributed by atoms with van der Waals surface area (Å²) in [5.74, 6) is -2.78. The molecule has 8 heteroatoms. The fraction of sp³-hybridized carbons (Fsp3) is 0.188. The van der Waals surface area contributed by atoms with Gasteiger partial charge >= 0.3 is 0 Å². The number of halogens is 2. The summed E-state index contributed by atoms with van der Waals surface area (Å²) in [5.41, 5.74) is -0.146. The minimum absolute atomic E-state index is 0.146. The SMILES string of the molecule is Cc1ccc(C(=O)NCC(=O)N[C@@H](C#N)c2ccc(F)cc2F)s1. The monoisotopic (exact) mass is 349 g/mol. The molecule has 0 unspecified atom stereocenters. The number of benzene rings is 1. The predicted octanol–water partition coefficient (Wildman–Crippen LogP) is 2.45. The third-order valence-electron chi connectivity index (χ3n) is 3.08. The standard InChI is InChI=1S/C16H13F2N3O2S/c1-9-2-5-14(24-9)16(23)20-8-15(22)21-13(7-19)11-4-3-10(17)6-12(11)18/h2-6,13H,8H2,1H3,(H,20,23)(H,21,22)/t13-/m0/s1. The largest absolute Gasteiger partial charge is 0.342 e. The van der Waals surface area contributed by atoms with Crippen molar-refractivity contribution in [1.29, 1.82) is 5.26 Å². The lowest BCUT2D eigenvalue weighted by Gasteiger charge is -2.13. The summed E-state index contributed by atoms with van der Waals surface area (Å²) in [6.07, 6.45) is 0. The van der Waals surface area contributed by atoms with Crippen molar-refractivity contribution in [3.8, 4) is 6.07 Å². The van der Waals surface area contributed by atoms with E-state index in [4.69, 9.17) is 5.26 Å². The Kier molecular flexibility index (Phi) is 5.60. The van der Waals surface area contributed by atoms with Gasteiger partial charge in [-0.1, -0.05) is 6.07 Å². The molecule has 24 heavy (non-hydrogen) atoms. The van der Waals surface area contributed by atoms with Crippen LogP contribution in [0.15, 0.2) is 30.3 Å². The molecular weight excluding hydrogens is 336 g/mol. The number of nitrogens with zero attached hydrogens (tertiary/aromatic N) is 1. The molecule has 0 fully saturated rings. The molecule has 0 radical (unpaired) electrons. The molecule has 2 amide bonds. The minimum atomic E-state index is -1.28. The van der Waals surface area contributed by atoms with E-state index < -0.39 is 29.5 Å². The van der Waals surface area contributed by atoms with Gasteiger partial charge in [-0.25, -0.2) is 8.78 Å². The number of rotatable bonds is 5. The molecule has 1 atom stereocenters. The average molecular weight is 349 g/mol. The Morgan fingerprint density at radius 2 is 2.04 bits per heavy atom. The summed E-state index contributed by atoms with van der Waals surface area (Å²) in [6, 6.07) is 6.58. The van der Waals surface area contributed by atoms with E-state index in [0.29, 0.717) is 10.9 Å². The smallest absolute Gasteiger partial charge is 0.261 e. The predicted molar refractivity (Wildman–Crippen MR) is 84.2 cm³/mol. The zero-order chi connectivity index (χ0) is 17.7. The van der Waals surface area contributed by atoms with Crippen LogP contribution in [-0.2, 0) is 4.79 Å². The van der Waals surface area contributed by atoms with E-state index in [2.05, 4.69) is 10.6 Å². The van der Waals surface area contributed by atoms with Gasteiger partial charge in [-0.2, -0.15) is 5.26 Å². The number of carbonyl (C=O) groups is 2. The van der Waals surface area contributed by atoms with Crippen molar-refractivity contribution in [2.24, 2.45) is 0 Å². The summed E-state index contributed by atoms with van der Waals surface area (Å²) in [4.78, 5) is 25.1. The van der Waals surface area contributed by atoms with E-state index in [1.54, 1.807) is 18.2 Å². The second-order valence-electron chi connectivity index (χ2n) is 4.89. The van der Waals surface area contributed by atoms with E-state index in [0.717, 1.165) is 17.0 Å². The zero-order valence-electron chi connectivity index (χ0n) is 12.6. The van der Waals surface area contributed by atoms with Gasteiger partial charge in [-0.15, -0.1) is 11.3 Å². The third kappa shape index (κ3) is 4.36. The van der Waals surface area contributed by atoms with E-state index >= 15 is 0 Å². The second-order valence-corrected chi connectivity index (χ2v) is 6.18. The van der Waals surface area contributed by atoms with Gasteiger partial charge in [0.1, 0.15) is 17.7 Å². The minimum Gasteiger partial charge on any atom is -0.342 e. The number of amides is 2. The summed E-state index contributed by atoms with van der Waals surface area (Å²) in [7, 11) is 0. The Balaban J connectivity index is 1.95. The first-order valence-electron chi connectivity index (χ1n) is 6.89. The maximum absolute atomic E-state index is 13.7. The van der Waals surface area contributed by atoms with Crippen molar-refractivity contribution in [1.82, 2.24) is 10.6 Å². The number of nitriles is 1. The molecule has 2 N–H and O–H groups in total. The summed E-state index contributed by atoms with van der Waals surface area (Å²) >= 11 is 1.28. The van der Waals surface area contributed by atoms with Crippen LogP contribution in [0.5, 0.6) is 0 Å². The van der Waals surface area contributed by atoms with Crippen LogP contribution in [0.4, 0.5) is 8.78 Å². The molecule has 5 nitrogen and oxygen atoms in total. The molecule has 2 aromatic rings. The van der Waals surface area contributed by atoms with Crippen LogP contribution in [0.2, 0.25) is 0 Å². The summed E-state index contributed by atoms with van der Waals surface area (Å²) < 4.78 is 26.6. The Morgan fingerprint density at radius 3 is 2.62 bits per heavy atom. The maximum Gasteiger partial charge on any atom is 0.261 e. The molecule has 0 aliphatic carbocycles. The lowest BCUT2D eigenvalue weighted by atomic mass is 10.1. The zero-order valence-corrected chi connectivity index (χ0v) is 13.4. The van der Waals surface area contributed by atoms with Gasteiger partial charge in [0.25, 0.3) is 5.91 Å². The van der Waals surface area contributed by atoms with E-state index in [1.807, 2.05) is 6.92 Å². The van der Waals surface area contributed by atoms with Crippen molar-refractivity contribution in [3.63, 3.8) is 0 Å². The van der Waals surface area contributed by atoms with E-state index in [1.165, 1.54) is 11.3 Å². The van der Waals surface area contributed by atoms with Crippen LogP contribution in [0.1, 0.15) is 26.2 Å². The fourth-order valence-electron chi connectivity index (χ4n) is 1.93. The average Bonchev–Trinajstić information content (AvgIpc) is 2.97. The van der Waals surface area contributed by atoms with Gasteiger partial charge in [-0.05, 0) is 25.1 Å². The number of hydrogen-bond acceptors (Lipinski definition) is 4. The summed E-state index contributed by atoms with van der Waals surface area (Å²) in [5, 5.41) is 13.8. The Morgan fingerprint density at radius 1 is 1.29 bits per heavy atom. The molecule has 1 aromatic heterocycles. The molecule has 0 spiro atoms. The molecule has 0 aliphatic rings. The van der Waals surface area contributed by atoms with Crippen molar-refractivity contribution < 1.29 is 18.4 Å². The van der Waals surface area contributed by atoms with Gasteiger partial charge in [0.15, 0.2) is 0 Å². The first-order chi connectivity index (χ1) is 11.4. The number of hydrogen-bond donors (Lipinski definition) is 2. The molecule has 0 saturated carbocycles. The number of nitrogens with one attached hydrogen (secondary N) is 2. The van der Waals surface area contributed by atoms with Crippen molar-refractivity contribution in [3.05, 3.63) is 57.3 Å². The normalized spacial score (nSPS) is 11.4. The van der Waals surface area contributed by atoms with Crippen LogP contribution < -0.4 is 10.6 Å². The van der Waals surface area contributed by atoms with E-state index in [9.17, 15) is 18.4 Å². The van der Waals surface area contributed by atoms with Gasteiger partial charge < -0.3 is 10.6 Å². The maximum atomic E-state index is 13.7. The molecule has 2 rings (SSSR count). The quantitative estimate of drug-likeness (QED) is 0.870. The van der Waals surface area contributed by atoms with Crippen LogP contribution >= 0.6 is 11.3 Å². The number of aryl methyl sites for hydroxylation is 1. The van der Waals surface area contributed by atoms with Gasteiger partial charge in [0.05, 0.1) is 17.5 Å². The second kappa shape index (κ2) is 7.66. The highest BCUT2D eigenvalue weighted by Crippen LogP contribution is 2.17. The molecule has 0 bridgehead atoms. The van der Waals surface area contributed by atoms with Crippen molar-refractivity contribution in [2.75, 3.05) is 6.54 Å². The molecule has 0 saturated heterocycles. The molecule has 1 heterocycles. The van der Waals surface area contributed by atoms with Crippen LogP contribution in [0.25, 0.3) is 0 Å². The summed E-state index contributed by atoms with van der Waals surface area (Å²) in [6.45, 7) is 1.49. The van der Waals surface area contributed by atoms with Crippen molar-refractivity contribution >= 4 is 23.2 Å². The topological polar surface area (TPSA) is 82.0 Å². The molecule has 1 aromatic carbocycles. The molecule has 124 valence electrons. The van der Waals surface area contributed by atoms with Gasteiger partial charge in [0.2, 0.25) is 5.91 Å². The van der Waals surface area contributed by atoms with Crippen LogP contribution in [0, 0.1) is 29.9 Å². The Hall–Kier alpha value is -2.79. The fourth-order valence-corrected chi connectivity index (χ4v) is 2.72. The van der Waals surface area contributed by atoms with Gasteiger partial charge in [-0.3, -0.25) is 9.59 Å². The molecular formula is C16H13F2N3O2S. The van der Waals surface area contributed by atoms with Crippen molar-refractivity contribution in [2.45, 2.75) is 13.0 Å². The highest BCUT2D eigenvalue weighted by molar-refractivity contribution is 7.13. The Bertz CT molecular complexity index is 814. The Labute approximate surface area is 140 Å². The van der Waals surface area contributed by atoms with Crippen LogP contribution in [-0.4, -0.2) is 18.4 Å². The highest BCUT2D eigenvalue weighted by atomic mass is 32.1. The van der Waals surface area contributed by atoms with Crippen LogP contribution in [0.3, 0.4) is 0 Å². The van der Waals surface area contributed by atoms with E-state index in [-0.39, 0.29) is 12.1 Å². The number of carbonyl (C=O) groups excluding carboxylic acids is 2. The highest BCUT2D eigenvalue weighted by Gasteiger charge is 2.19. The third-order valence-corrected chi connectivity index (χ3v) is 4.08. The van der Waals surface area contributed by atoms with Gasteiger partial charge in [0, 0.05) is 16.5 Å². The first-order valence-corrected chi connectivity index (χ1v) is 7.71. The lowest BCUT2D eigenvalue weighted by molar-refractivity contribution is -0.120. The first kappa shape index (κ1) is 17.6. The number of thiophene rings is 1. The molecule has 0 aliphatic heterocycles.